The molecular weight excluding hydrogens is 478 g/mol. The maximum absolute atomic E-state index is 13.0. The van der Waals surface area contributed by atoms with Gasteiger partial charge in [0.25, 0.3) is 0 Å². The van der Waals surface area contributed by atoms with E-state index in [1.54, 1.807) is 11.6 Å². The highest BCUT2D eigenvalue weighted by Gasteiger charge is 2.59. The molecule has 0 heterocycles. The fourth-order valence-electron chi connectivity index (χ4n) is 10.1. The van der Waals surface area contributed by atoms with Crippen LogP contribution in [0.3, 0.4) is 0 Å². The number of allylic oxidation sites excluding steroid dienone is 1. The molecule has 1 aromatic carbocycles. The van der Waals surface area contributed by atoms with Crippen molar-refractivity contribution in [2.24, 2.45) is 46.3 Å². The Hall–Kier alpha value is -1.77. The SMILES string of the molecule is Cc1cc(N)ccc1C(=O)O[C@H]1CCC2(C)C(=CCC3C2CCC2(C)C3CC[C@@H]2[C@H](C)CCCCC(C)C)C1. The first-order valence-electron chi connectivity index (χ1n) is 16.3. The fraction of sp³-hybridized carbons (Fsp3) is 0.750. The smallest absolute Gasteiger partial charge is 0.338 e. The summed E-state index contributed by atoms with van der Waals surface area (Å²) in [4.78, 5) is 13.0. The molecule has 0 aliphatic heterocycles. The number of carbonyl (C=O) groups is 1. The Morgan fingerprint density at radius 2 is 1.79 bits per heavy atom. The highest BCUT2D eigenvalue weighted by atomic mass is 16.5. The second kappa shape index (κ2) is 11.2. The third-order valence-electron chi connectivity index (χ3n) is 12.3. The lowest BCUT2D eigenvalue weighted by Gasteiger charge is -2.58. The molecule has 4 aliphatic carbocycles. The van der Waals surface area contributed by atoms with E-state index in [2.05, 4.69) is 40.7 Å². The minimum Gasteiger partial charge on any atom is -0.458 e. The quantitative estimate of drug-likeness (QED) is 0.157. The highest BCUT2D eigenvalue weighted by Crippen LogP contribution is 2.67. The van der Waals surface area contributed by atoms with Crippen molar-refractivity contribution < 1.29 is 9.53 Å². The summed E-state index contributed by atoms with van der Waals surface area (Å²) in [5.41, 5.74) is 10.5. The third-order valence-corrected chi connectivity index (χ3v) is 12.3. The summed E-state index contributed by atoms with van der Waals surface area (Å²) in [7, 11) is 0. The summed E-state index contributed by atoms with van der Waals surface area (Å²) in [6.45, 7) is 14.5. The molecule has 3 heteroatoms. The molecule has 1 aromatic rings. The molecule has 5 rings (SSSR count). The van der Waals surface area contributed by atoms with E-state index in [1.165, 1.54) is 57.8 Å². The van der Waals surface area contributed by atoms with Crippen molar-refractivity contribution in [3.8, 4) is 0 Å². The Morgan fingerprint density at radius 3 is 2.54 bits per heavy atom. The molecular formula is C36H55NO2. The first kappa shape index (κ1) is 28.7. The van der Waals surface area contributed by atoms with E-state index in [4.69, 9.17) is 10.5 Å². The number of hydrogen-bond acceptors (Lipinski definition) is 3. The van der Waals surface area contributed by atoms with E-state index in [0.717, 1.165) is 60.3 Å². The average molecular weight is 534 g/mol. The summed E-state index contributed by atoms with van der Waals surface area (Å²) in [5, 5.41) is 0. The van der Waals surface area contributed by atoms with Gasteiger partial charge in [0.2, 0.25) is 0 Å². The number of carbonyl (C=O) groups excluding carboxylic acids is 1. The van der Waals surface area contributed by atoms with Gasteiger partial charge < -0.3 is 10.5 Å². The second-order valence-electron chi connectivity index (χ2n) is 15.0. The molecule has 0 spiro atoms. The number of nitrogen functional groups attached to an aromatic ring is 1. The number of benzene rings is 1. The van der Waals surface area contributed by atoms with Crippen molar-refractivity contribution in [2.45, 2.75) is 125 Å². The minimum atomic E-state index is -0.195. The number of anilines is 1. The summed E-state index contributed by atoms with van der Waals surface area (Å²) >= 11 is 0. The van der Waals surface area contributed by atoms with Crippen LogP contribution in [-0.4, -0.2) is 12.1 Å². The predicted molar refractivity (Wildman–Crippen MR) is 162 cm³/mol. The van der Waals surface area contributed by atoms with Crippen molar-refractivity contribution in [3.05, 3.63) is 41.0 Å². The van der Waals surface area contributed by atoms with Gasteiger partial charge in [-0.2, -0.15) is 0 Å². The van der Waals surface area contributed by atoms with Crippen LogP contribution in [0.5, 0.6) is 0 Å². The van der Waals surface area contributed by atoms with Crippen LogP contribution >= 0.6 is 0 Å². The van der Waals surface area contributed by atoms with Crippen molar-refractivity contribution in [2.75, 3.05) is 5.73 Å². The largest absolute Gasteiger partial charge is 0.458 e. The molecule has 3 fully saturated rings. The topological polar surface area (TPSA) is 52.3 Å². The zero-order chi connectivity index (χ0) is 27.9. The number of nitrogens with two attached hydrogens (primary N) is 1. The van der Waals surface area contributed by atoms with Gasteiger partial charge >= 0.3 is 5.97 Å². The van der Waals surface area contributed by atoms with Crippen LogP contribution in [-0.2, 0) is 4.74 Å². The number of aryl methyl sites for hydroxylation is 1. The van der Waals surface area contributed by atoms with Gasteiger partial charge in [-0.05, 0) is 122 Å². The van der Waals surface area contributed by atoms with Crippen molar-refractivity contribution in [1.82, 2.24) is 0 Å². The Balaban J connectivity index is 1.23. The summed E-state index contributed by atoms with van der Waals surface area (Å²) in [5.74, 6) is 4.94. The summed E-state index contributed by atoms with van der Waals surface area (Å²) < 4.78 is 6.09. The molecule has 0 aromatic heterocycles. The van der Waals surface area contributed by atoms with Gasteiger partial charge in [0.1, 0.15) is 6.10 Å². The standard InChI is InChI=1S/C36H55NO2/c1-23(2)9-7-8-10-24(3)31-15-16-32-30-13-11-26-22-28(39-34(38)29-14-12-27(37)21-25(29)4)17-19-35(26,5)33(30)18-20-36(31,32)6/h11-12,14,21,23-24,28,30-33H,7-10,13,15-20,22,37H2,1-6H3/t24-,28+,30?,31-,32?,33?,35?,36?/m1/s1. The maximum Gasteiger partial charge on any atom is 0.338 e. The molecule has 0 saturated heterocycles. The third kappa shape index (κ3) is 5.45. The number of unbranched alkanes of at least 4 members (excludes halogenated alkanes) is 1. The average Bonchev–Trinajstić information content (AvgIpc) is 3.24. The summed E-state index contributed by atoms with van der Waals surface area (Å²) in [6, 6.07) is 5.46. The van der Waals surface area contributed by atoms with Crippen LogP contribution in [0.1, 0.15) is 128 Å². The van der Waals surface area contributed by atoms with Gasteiger partial charge in [0, 0.05) is 12.1 Å². The van der Waals surface area contributed by atoms with Crippen LogP contribution in [0.4, 0.5) is 5.69 Å². The van der Waals surface area contributed by atoms with Gasteiger partial charge in [0.15, 0.2) is 0 Å². The normalized spacial score (nSPS) is 36.5. The van der Waals surface area contributed by atoms with Gasteiger partial charge in [-0.3, -0.25) is 0 Å². The Kier molecular flexibility index (Phi) is 8.29. The zero-order valence-electron chi connectivity index (χ0n) is 25.7. The number of hydrogen-bond donors (Lipinski definition) is 1. The first-order valence-corrected chi connectivity index (χ1v) is 16.3. The molecule has 3 saturated carbocycles. The molecule has 0 bridgehead atoms. The Labute approximate surface area is 238 Å². The molecule has 2 N–H and O–H groups in total. The van der Waals surface area contributed by atoms with E-state index < -0.39 is 0 Å². The van der Waals surface area contributed by atoms with E-state index in [0.29, 0.717) is 16.7 Å². The van der Waals surface area contributed by atoms with E-state index in [9.17, 15) is 4.79 Å². The molecule has 39 heavy (non-hydrogen) atoms. The monoisotopic (exact) mass is 533 g/mol. The van der Waals surface area contributed by atoms with Crippen LogP contribution in [0.15, 0.2) is 29.8 Å². The summed E-state index contributed by atoms with van der Waals surface area (Å²) in [6.07, 6.45) is 18.2. The Morgan fingerprint density at radius 1 is 1.03 bits per heavy atom. The fourth-order valence-corrected chi connectivity index (χ4v) is 10.1. The van der Waals surface area contributed by atoms with Gasteiger partial charge in [0.05, 0.1) is 5.56 Å². The lowest BCUT2D eigenvalue weighted by atomic mass is 9.47. The number of ether oxygens (including phenoxy) is 1. The Bertz CT molecular complexity index is 1070. The predicted octanol–water partition coefficient (Wildman–Crippen LogP) is 9.53. The molecule has 3 nitrogen and oxygen atoms in total. The van der Waals surface area contributed by atoms with E-state index >= 15 is 0 Å². The molecule has 216 valence electrons. The van der Waals surface area contributed by atoms with Crippen LogP contribution in [0.2, 0.25) is 0 Å². The number of esters is 1. The van der Waals surface area contributed by atoms with Crippen LogP contribution < -0.4 is 5.73 Å². The van der Waals surface area contributed by atoms with Crippen molar-refractivity contribution in [3.63, 3.8) is 0 Å². The van der Waals surface area contributed by atoms with Crippen LogP contribution in [0.25, 0.3) is 0 Å². The number of fused-ring (bicyclic) bond motifs is 5. The lowest BCUT2D eigenvalue weighted by molar-refractivity contribution is -0.0594. The minimum absolute atomic E-state index is 0.00779. The molecule has 4 aliphatic rings. The molecule has 0 radical (unpaired) electrons. The van der Waals surface area contributed by atoms with E-state index in [1.807, 2.05) is 19.1 Å². The molecule has 5 unspecified atom stereocenters. The van der Waals surface area contributed by atoms with E-state index in [-0.39, 0.29) is 17.5 Å². The number of rotatable bonds is 8. The van der Waals surface area contributed by atoms with Gasteiger partial charge in [-0.1, -0.05) is 72.0 Å². The second-order valence-corrected chi connectivity index (χ2v) is 15.0. The highest BCUT2D eigenvalue weighted by molar-refractivity contribution is 5.91. The molecule has 0 amide bonds. The molecule has 8 atom stereocenters. The van der Waals surface area contributed by atoms with Crippen molar-refractivity contribution in [1.29, 1.82) is 0 Å². The van der Waals surface area contributed by atoms with Gasteiger partial charge in [-0.25, -0.2) is 4.79 Å². The van der Waals surface area contributed by atoms with Crippen molar-refractivity contribution >= 4 is 11.7 Å². The zero-order valence-corrected chi connectivity index (χ0v) is 25.7. The first-order chi connectivity index (χ1) is 18.5. The van der Waals surface area contributed by atoms with Crippen LogP contribution in [0, 0.1) is 53.3 Å². The maximum atomic E-state index is 13.0. The van der Waals surface area contributed by atoms with Gasteiger partial charge in [-0.15, -0.1) is 0 Å². The lowest BCUT2D eigenvalue weighted by Crippen LogP contribution is -2.51.